The van der Waals surface area contributed by atoms with Gasteiger partial charge in [-0.15, -0.1) is 0 Å². The van der Waals surface area contributed by atoms with Gasteiger partial charge in [0.15, 0.2) is 12.6 Å². The summed E-state index contributed by atoms with van der Waals surface area (Å²) in [4.78, 5) is 29.8. The van der Waals surface area contributed by atoms with E-state index in [0.717, 1.165) is 6.92 Å². The van der Waals surface area contributed by atoms with Crippen molar-refractivity contribution in [3.05, 3.63) is 0 Å². The number of carbonyl (C=O) groups excluding carboxylic acids is 1. The first-order valence-electron chi connectivity index (χ1n) is 5.08. The van der Waals surface area contributed by atoms with Gasteiger partial charge in [-0.3, -0.25) is 28.3 Å². The molecule has 0 radical (unpaired) electrons. The summed E-state index contributed by atoms with van der Waals surface area (Å²) in [6.45, 7) is 3.81. The van der Waals surface area contributed by atoms with Gasteiger partial charge in [0, 0.05) is 6.92 Å². The Morgan fingerprint density at radius 3 is 1.94 bits per heavy atom. The highest BCUT2D eigenvalue weighted by atomic mass is 31.2. The Morgan fingerprint density at radius 2 is 1.61 bits per heavy atom. The summed E-state index contributed by atoms with van der Waals surface area (Å²) in [5.41, 5.74) is -2.75. The van der Waals surface area contributed by atoms with E-state index in [1.807, 2.05) is 0 Å². The molecule has 2 atom stereocenters. The van der Waals surface area contributed by atoms with Crippen LogP contribution in [0.1, 0.15) is 20.8 Å². The molecule has 0 bridgehead atoms. The first-order chi connectivity index (χ1) is 8.12. The molecular formula is C8H13O9P. The van der Waals surface area contributed by atoms with Gasteiger partial charge in [-0.05, 0) is 13.8 Å². The van der Waals surface area contributed by atoms with E-state index in [2.05, 4.69) is 4.74 Å². The van der Waals surface area contributed by atoms with Gasteiger partial charge >= 0.3 is 25.1 Å². The second kappa shape index (κ2) is 3.97. The van der Waals surface area contributed by atoms with Gasteiger partial charge in [0.25, 0.3) is 0 Å². The minimum atomic E-state index is -5.09. The first-order valence-corrected chi connectivity index (χ1v) is 6.69. The van der Waals surface area contributed by atoms with Crippen molar-refractivity contribution in [1.82, 2.24) is 0 Å². The van der Waals surface area contributed by atoms with E-state index < -0.39 is 37.6 Å². The van der Waals surface area contributed by atoms with Crippen molar-refractivity contribution in [2.75, 3.05) is 0 Å². The predicted octanol–water partition coefficient (Wildman–Crippen LogP) is -0.180. The van der Waals surface area contributed by atoms with E-state index in [4.69, 9.17) is 18.9 Å². The van der Waals surface area contributed by atoms with Crippen LogP contribution in [-0.2, 0) is 33.0 Å². The summed E-state index contributed by atoms with van der Waals surface area (Å²) in [6.07, 6.45) is -1.84. The lowest BCUT2D eigenvalue weighted by molar-refractivity contribution is -0.554. The quantitative estimate of drug-likeness (QED) is 0.525. The van der Waals surface area contributed by atoms with E-state index in [-0.39, 0.29) is 0 Å². The van der Waals surface area contributed by atoms with Gasteiger partial charge < -0.3 is 14.5 Å². The molecule has 0 aromatic heterocycles. The Morgan fingerprint density at radius 1 is 1.17 bits per heavy atom. The third-order valence-corrected chi connectivity index (χ3v) is 3.58. The normalized spacial score (nSPS) is 43.8. The number of hydrogen-bond donors (Lipinski definition) is 2. The predicted molar refractivity (Wildman–Crippen MR) is 52.5 cm³/mol. The molecular weight excluding hydrogens is 271 g/mol. The summed E-state index contributed by atoms with van der Waals surface area (Å²) in [7, 11) is -5.09. The van der Waals surface area contributed by atoms with E-state index in [9.17, 15) is 19.1 Å². The highest BCUT2D eigenvalue weighted by Crippen LogP contribution is 2.65. The van der Waals surface area contributed by atoms with Crippen molar-refractivity contribution < 1.29 is 42.8 Å². The molecule has 0 aromatic rings. The Bertz CT molecular complexity index is 411. The van der Waals surface area contributed by atoms with Gasteiger partial charge in [0.2, 0.25) is 0 Å². The molecule has 18 heavy (non-hydrogen) atoms. The van der Waals surface area contributed by atoms with Crippen LogP contribution in [0.2, 0.25) is 0 Å². The van der Waals surface area contributed by atoms with E-state index in [0.29, 0.717) is 0 Å². The Hall–Kier alpha value is -0.540. The van der Waals surface area contributed by atoms with Crippen LogP contribution >= 0.6 is 7.60 Å². The number of carbonyl (C=O) groups is 1. The zero-order valence-corrected chi connectivity index (χ0v) is 10.7. The Balaban J connectivity index is 2.44. The molecule has 2 rings (SSSR count). The molecule has 0 saturated carbocycles. The van der Waals surface area contributed by atoms with Crippen LogP contribution in [-0.4, -0.2) is 39.8 Å². The third-order valence-electron chi connectivity index (χ3n) is 2.34. The smallest absolute Gasteiger partial charge is 0.406 e. The monoisotopic (exact) mass is 284 g/mol. The summed E-state index contributed by atoms with van der Waals surface area (Å²) in [6, 6.07) is 0. The van der Waals surface area contributed by atoms with Gasteiger partial charge in [0.1, 0.15) is 0 Å². The molecule has 2 N–H and O–H groups in total. The summed E-state index contributed by atoms with van der Waals surface area (Å²) in [5.74, 6) is -3.21. The van der Waals surface area contributed by atoms with E-state index in [1.165, 1.54) is 13.8 Å². The highest BCUT2D eigenvalue weighted by Gasteiger charge is 2.80. The largest absolute Gasteiger partial charge is 0.414 e. The minimum absolute atomic E-state index is 0.764. The molecule has 0 aliphatic carbocycles. The fourth-order valence-electron chi connectivity index (χ4n) is 1.85. The number of rotatable bonds is 2. The lowest BCUT2D eigenvalue weighted by Gasteiger charge is -2.47. The van der Waals surface area contributed by atoms with Gasteiger partial charge in [-0.1, -0.05) is 0 Å². The first kappa shape index (κ1) is 13.9. The number of esters is 1. The molecule has 2 aliphatic heterocycles. The Labute approximate surface area is 102 Å². The lowest BCUT2D eigenvalue weighted by atomic mass is 10.4. The zero-order chi connectivity index (χ0) is 13.8. The molecule has 2 fully saturated rings. The molecule has 10 heteroatoms. The minimum Gasteiger partial charge on any atom is -0.414 e. The molecule has 0 aromatic carbocycles. The standard InChI is InChI=1S/C8H13O9P/c1-4(9)13-8(18(10,11)12)7(14-5(2)15-7)16-6(3)17-8/h5-6H,1-3H3,(H2,10,11,12). The second-order valence-corrected chi connectivity index (χ2v) is 5.56. The van der Waals surface area contributed by atoms with Gasteiger partial charge in [-0.2, -0.15) is 0 Å². The molecule has 2 saturated heterocycles. The zero-order valence-electron chi connectivity index (χ0n) is 9.85. The summed E-state index contributed by atoms with van der Waals surface area (Å²) >= 11 is 0. The average Bonchev–Trinajstić information content (AvgIpc) is 2.37. The highest BCUT2D eigenvalue weighted by molar-refractivity contribution is 7.53. The van der Waals surface area contributed by atoms with E-state index in [1.54, 1.807) is 0 Å². The Kier molecular flexibility index (Phi) is 3.07. The van der Waals surface area contributed by atoms with Crippen LogP contribution in [0.4, 0.5) is 0 Å². The second-order valence-electron chi connectivity index (χ2n) is 3.88. The van der Waals surface area contributed by atoms with Gasteiger partial charge in [-0.25, -0.2) is 0 Å². The van der Waals surface area contributed by atoms with Crippen molar-refractivity contribution in [2.45, 2.75) is 44.9 Å². The molecule has 9 nitrogen and oxygen atoms in total. The third kappa shape index (κ3) is 1.79. The average molecular weight is 284 g/mol. The molecule has 2 heterocycles. The number of ether oxygens (including phenoxy) is 5. The van der Waals surface area contributed by atoms with Crippen LogP contribution in [0.15, 0.2) is 0 Å². The topological polar surface area (TPSA) is 121 Å². The van der Waals surface area contributed by atoms with Crippen molar-refractivity contribution in [3.63, 3.8) is 0 Å². The maximum Gasteiger partial charge on any atom is 0.406 e. The summed E-state index contributed by atoms with van der Waals surface area (Å²) in [5, 5.41) is 0. The van der Waals surface area contributed by atoms with Crippen molar-refractivity contribution in [2.24, 2.45) is 0 Å². The van der Waals surface area contributed by atoms with Gasteiger partial charge in [0.05, 0.1) is 0 Å². The lowest BCUT2D eigenvalue weighted by Crippen LogP contribution is -2.66. The molecule has 104 valence electrons. The van der Waals surface area contributed by atoms with Crippen molar-refractivity contribution in [3.8, 4) is 0 Å². The number of hydrogen-bond acceptors (Lipinski definition) is 7. The summed E-state index contributed by atoms with van der Waals surface area (Å²) < 4.78 is 36.4. The van der Waals surface area contributed by atoms with Crippen LogP contribution in [0, 0.1) is 0 Å². The SMILES string of the molecule is CC(=O)OC1(P(=O)(O)O)OC(C)OC12OC(C)O2. The van der Waals surface area contributed by atoms with Crippen molar-refractivity contribution >= 4 is 13.6 Å². The maximum atomic E-state index is 11.6. The molecule has 0 amide bonds. The maximum absolute atomic E-state index is 11.6. The van der Waals surface area contributed by atoms with Crippen LogP contribution in [0.5, 0.6) is 0 Å². The van der Waals surface area contributed by atoms with Crippen LogP contribution in [0.3, 0.4) is 0 Å². The van der Waals surface area contributed by atoms with Crippen molar-refractivity contribution in [1.29, 1.82) is 0 Å². The molecule has 2 aliphatic rings. The van der Waals surface area contributed by atoms with E-state index >= 15 is 0 Å². The van der Waals surface area contributed by atoms with Crippen LogP contribution < -0.4 is 0 Å². The molecule has 2 unspecified atom stereocenters. The molecule has 1 spiro atoms. The fraction of sp³-hybridized carbons (Fsp3) is 0.875. The van der Waals surface area contributed by atoms with Crippen LogP contribution in [0.25, 0.3) is 0 Å². The fourth-order valence-corrected chi connectivity index (χ4v) is 2.90.